The van der Waals surface area contributed by atoms with E-state index < -0.39 is 0 Å². The molecule has 0 bridgehead atoms. The molecule has 0 aliphatic heterocycles. The van der Waals surface area contributed by atoms with Crippen LogP contribution in [0.2, 0.25) is 0 Å². The molecule has 0 fully saturated rings. The van der Waals surface area contributed by atoms with Crippen molar-refractivity contribution in [3.63, 3.8) is 0 Å². The van der Waals surface area contributed by atoms with Crippen LogP contribution in [0.15, 0.2) is 24.3 Å². The minimum Gasteiger partial charge on any atom is -0.308 e. The summed E-state index contributed by atoms with van der Waals surface area (Å²) in [6, 6.07) is 9.35. The SMILES string of the molecule is CC(C)NCc1nnnn1C1CCCc2ccccc21. The third-order valence-electron chi connectivity index (χ3n) is 3.86. The van der Waals surface area contributed by atoms with Crippen molar-refractivity contribution in [2.75, 3.05) is 0 Å². The smallest absolute Gasteiger partial charge is 0.165 e. The van der Waals surface area contributed by atoms with Crippen LogP contribution in [0.5, 0.6) is 0 Å². The van der Waals surface area contributed by atoms with Gasteiger partial charge in [-0.1, -0.05) is 38.1 Å². The first-order valence-electron chi connectivity index (χ1n) is 7.33. The van der Waals surface area contributed by atoms with E-state index in [0.717, 1.165) is 18.7 Å². The van der Waals surface area contributed by atoms with Crippen LogP contribution in [0.25, 0.3) is 0 Å². The van der Waals surface area contributed by atoms with Crippen molar-refractivity contribution in [3.8, 4) is 0 Å². The Morgan fingerprint density at radius 1 is 1.35 bits per heavy atom. The van der Waals surface area contributed by atoms with E-state index in [9.17, 15) is 0 Å². The van der Waals surface area contributed by atoms with Gasteiger partial charge in [0.25, 0.3) is 0 Å². The summed E-state index contributed by atoms with van der Waals surface area (Å²) in [5.74, 6) is 0.917. The summed E-state index contributed by atoms with van der Waals surface area (Å²) in [4.78, 5) is 0. The zero-order chi connectivity index (χ0) is 13.9. The minimum atomic E-state index is 0.277. The highest BCUT2D eigenvalue weighted by molar-refractivity contribution is 5.32. The van der Waals surface area contributed by atoms with Crippen LogP contribution < -0.4 is 5.32 Å². The summed E-state index contributed by atoms with van der Waals surface area (Å²) in [7, 11) is 0. The van der Waals surface area contributed by atoms with E-state index in [-0.39, 0.29) is 6.04 Å². The number of aromatic nitrogens is 4. The number of hydrogen-bond acceptors (Lipinski definition) is 4. The van der Waals surface area contributed by atoms with Gasteiger partial charge in [0.2, 0.25) is 0 Å². The molecule has 2 aromatic rings. The fraction of sp³-hybridized carbons (Fsp3) is 0.533. The van der Waals surface area contributed by atoms with Crippen molar-refractivity contribution >= 4 is 0 Å². The summed E-state index contributed by atoms with van der Waals surface area (Å²) in [6.07, 6.45) is 3.46. The molecule has 0 amide bonds. The molecule has 1 atom stereocenters. The standard InChI is InChI=1S/C15H21N5/c1-11(2)16-10-15-17-18-19-20(15)14-9-5-7-12-6-3-4-8-13(12)14/h3-4,6,8,11,14,16H,5,7,9-10H2,1-2H3. The Hall–Kier alpha value is -1.75. The lowest BCUT2D eigenvalue weighted by Crippen LogP contribution is -2.27. The molecule has 3 rings (SSSR count). The highest BCUT2D eigenvalue weighted by Crippen LogP contribution is 2.32. The van der Waals surface area contributed by atoms with Crippen molar-refractivity contribution in [2.45, 2.75) is 51.7 Å². The third kappa shape index (κ3) is 2.58. The van der Waals surface area contributed by atoms with E-state index in [1.165, 1.54) is 17.5 Å². The molecule has 20 heavy (non-hydrogen) atoms. The zero-order valence-corrected chi connectivity index (χ0v) is 12.1. The van der Waals surface area contributed by atoms with Crippen LogP contribution in [0.4, 0.5) is 0 Å². The van der Waals surface area contributed by atoms with E-state index in [1.807, 2.05) is 4.68 Å². The van der Waals surface area contributed by atoms with Crippen LogP contribution in [-0.2, 0) is 13.0 Å². The minimum absolute atomic E-state index is 0.277. The molecule has 1 aliphatic rings. The second-order valence-electron chi connectivity index (χ2n) is 5.68. The Balaban J connectivity index is 1.89. The first kappa shape index (κ1) is 13.2. The lowest BCUT2D eigenvalue weighted by atomic mass is 9.88. The van der Waals surface area contributed by atoms with Gasteiger partial charge in [-0.05, 0) is 40.8 Å². The van der Waals surface area contributed by atoms with E-state index in [0.29, 0.717) is 12.6 Å². The normalized spacial score (nSPS) is 18.2. The summed E-state index contributed by atoms with van der Waals surface area (Å²) < 4.78 is 1.99. The van der Waals surface area contributed by atoms with E-state index in [1.54, 1.807) is 0 Å². The molecule has 1 N–H and O–H groups in total. The molecule has 1 aliphatic carbocycles. The van der Waals surface area contributed by atoms with Gasteiger partial charge in [-0.15, -0.1) is 5.10 Å². The molecule has 1 unspecified atom stereocenters. The number of nitrogens with one attached hydrogen (secondary N) is 1. The number of fused-ring (bicyclic) bond motifs is 1. The van der Waals surface area contributed by atoms with Gasteiger partial charge < -0.3 is 5.32 Å². The van der Waals surface area contributed by atoms with Crippen LogP contribution in [0.3, 0.4) is 0 Å². The van der Waals surface area contributed by atoms with Gasteiger partial charge in [0, 0.05) is 6.04 Å². The Labute approximate surface area is 119 Å². The Morgan fingerprint density at radius 3 is 3.05 bits per heavy atom. The Morgan fingerprint density at radius 2 is 2.20 bits per heavy atom. The number of aryl methyl sites for hydroxylation is 1. The van der Waals surface area contributed by atoms with Crippen LogP contribution in [0, 0.1) is 0 Å². The van der Waals surface area contributed by atoms with Gasteiger partial charge in [0.1, 0.15) is 0 Å². The largest absolute Gasteiger partial charge is 0.308 e. The highest BCUT2D eigenvalue weighted by atomic mass is 15.6. The molecule has 1 heterocycles. The van der Waals surface area contributed by atoms with Crippen molar-refractivity contribution in [1.82, 2.24) is 25.5 Å². The second kappa shape index (κ2) is 5.71. The molecule has 0 spiro atoms. The monoisotopic (exact) mass is 271 g/mol. The van der Waals surface area contributed by atoms with E-state index in [2.05, 4.69) is 59.0 Å². The predicted molar refractivity (Wildman–Crippen MR) is 77.3 cm³/mol. The van der Waals surface area contributed by atoms with E-state index >= 15 is 0 Å². The molecule has 106 valence electrons. The molecule has 0 saturated heterocycles. The molecule has 5 nitrogen and oxygen atoms in total. The first-order chi connectivity index (χ1) is 9.75. The van der Waals surface area contributed by atoms with Crippen molar-refractivity contribution in [2.24, 2.45) is 0 Å². The first-order valence-corrected chi connectivity index (χ1v) is 7.33. The Bertz CT molecular complexity index is 575. The lowest BCUT2D eigenvalue weighted by molar-refractivity contribution is 0.418. The summed E-state index contributed by atoms with van der Waals surface area (Å²) in [5.41, 5.74) is 2.80. The van der Waals surface area contributed by atoms with Gasteiger partial charge in [-0.3, -0.25) is 0 Å². The van der Waals surface area contributed by atoms with Crippen molar-refractivity contribution in [1.29, 1.82) is 0 Å². The van der Waals surface area contributed by atoms with Crippen molar-refractivity contribution < 1.29 is 0 Å². The number of benzene rings is 1. The quantitative estimate of drug-likeness (QED) is 0.925. The highest BCUT2D eigenvalue weighted by Gasteiger charge is 2.24. The van der Waals surface area contributed by atoms with Crippen LogP contribution in [-0.4, -0.2) is 26.2 Å². The van der Waals surface area contributed by atoms with E-state index in [4.69, 9.17) is 0 Å². The van der Waals surface area contributed by atoms with Gasteiger partial charge in [0.05, 0.1) is 12.6 Å². The van der Waals surface area contributed by atoms with Gasteiger partial charge in [-0.25, -0.2) is 4.68 Å². The maximum atomic E-state index is 4.23. The molecular weight excluding hydrogens is 250 g/mol. The van der Waals surface area contributed by atoms with Crippen molar-refractivity contribution in [3.05, 3.63) is 41.2 Å². The molecule has 5 heteroatoms. The predicted octanol–water partition coefficient (Wildman–Crippen LogP) is 2.10. The Kier molecular flexibility index (Phi) is 3.78. The van der Waals surface area contributed by atoms with Crippen LogP contribution in [0.1, 0.15) is 49.7 Å². The molecular formula is C15H21N5. The second-order valence-corrected chi connectivity index (χ2v) is 5.68. The number of rotatable bonds is 4. The summed E-state index contributed by atoms with van der Waals surface area (Å²) in [6.45, 7) is 4.97. The average molecular weight is 271 g/mol. The van der Waals surface area contributed by atoms with Gasteiger partial charge >= 0.3 is 0 Å². The molecule has 0 saturated carbocycles. The molecule has 1 aromatic carbocycles. The van der Waals surface area contributed by atoms with Gasteiger partial charge in [0.15, 0.2) is 5.82 Å². The fourth-order valence-corrected chi connectivity index (χ4v) is 2.85. The average Bonchev–Trinajstić information content (AvgIpc) is 2.92. The summed E-state index contributed by atoms with van der Waals surface area (Å²) in [5, 5.41) is 15.7. The van der Waals surface area contributed by atoms with Gasteiger partial charge in [-0.2, -0.15) is 0 Å². The maximum absolute atomic E-state index is 4.23. The maximum Gasteiger partial charge on any atom is 0.165 e. The number of tetrazole rings is 1. The molecule has 0 radical (unpaired) electrons. The molecule has 1 aromatic heterocycles. The summed E-state index contributed by atoms with van der Waals surface area (Å²) >= 11 is 0. The zero-order valence-electron chi connectivity index (χ0n) is 12.1. The number of nitrogens with zero attached hydrogens (tertiary/aromatic N) is 4. The third-order valence-corrected chi connectivity index (χ3v) is 3.86. The lowest BCUT2D eigenvalue weighted by Gasteiger charge is -2.26. The fourth-order valence-electron chi connectivity index (χ4n) is 2.85. The topological polar surface area (TPSA) is 55.6 Å². The number of hydrogen-bond donors (Lipinski definition) is 1. The van der Waals surface area contributed by atoms with Crippen LogP contribution >= 0.6 is 0 Å².